The molecular formula is C23H30N4O4. The molecule has 1 fully saturated rings. The van der Waals surface area contributed by atoms with Gasteiger partial charge >= 0.3 is 0 Å². The van der Waals surface area contributed by atoms with Crippen LogP contribution in [0, 0.1) is 13.8 Å². The highest BCUT2D eigenvalue weighted by Gasteiger charge is 2.32. The molecule has 2 aromatic rings. The van der Waals surface area contributed by atoms with Gasteiger partial charge in [0, 0.05) is 42.5 Å². The molecule has 2 amide bonds. The van der Waals surface area contributed by atoms with E-state index in [0.717, 1.165) is 29.2 Å². The molecule has 1 saturated heterocycles. The number of benzene rings is 1. The molecule has 3 rings (SSSR count). The van der Waals surface area contributed by atoms with Crippen LogP contribution in [0.3, 0.4) is 0 Å². The lowest BCUT2D eigenvalue weighted by Crippen LogP contribution is -2.29. The molecule has 1 aromatic heterocycles. The number of likely N-dealkylation sites (tertiary alicyclic amines) is 1. The molecule has 1 aliphatic heterocycles. The highest BCUT2D eigenvalue weighted by molar-refractivity contribution is 5.98. The van der Waals surface area contributed by atoms with E-state index in [0.29, 0.717) is 36.7 Å². The van der Waals surface area contributed by atoms with E-state index < -0.39 is 0 Å². The minimum Gasteiger partial charge on any atom is -0.493 e. The van der Waals surface area contributed by atoms with Crippen molar-refractivity contribution in [3.05, 3.63) is 46.5 Å². The first-order valence-corrected chi connectivity index (χ1v) is 10.5. The number of carbonyl (C=O) groups is 2. The Bertz CT molecular complexity index is 953. The second-order valence-corrected chi connectivity index (χ2v) is 7.64. The van der Waals surface area contributed by atoms with Crippen LogP contribution in [-0.4, -0.2) is 60.5 Å². The third-order valence-electron chi connectivity index (χ3n) is 5.62. The smallest absolute Gasteiger partial charge is 0.257 e. The Kier molecular flexibility index (Phi) is 7.09. The summed E-state index contributed by atoms with van der Waals surface area (Å²) in [6, 6.07) is 5.30. The number of hydrogen-bond donors (Lipinski definition) is 1. The number of nitrogens with zero attached hydrogens (tertiary/aromatic N) is 3. The summed E-state index contributed by atoms with van der Waals surface area (Å²) in [5, 5.41) is 2.81. The largest absolute Gasteiger partial charge is 0.493 e. The predicted octanol–water partition coefficient (Wildman–Crippen LogP) is 2.42. The van der Waals surface area contributed by atoms with Crippen LogP contribution in [0.25, 0.3) is 0 Å². The third kappa shape index (κ3) is 4.78. The van der Waals surface area contributed by atoms with Crippen molar-refractivity contribution < 1.29 is 19.1 Å². The highest BCUT2D eigenvalue weighted by atomic mass is 16.5. The van der Waals surface area contributed by atoms with Crippen molar-refractivity contribution in [2.45, 2.75) is 39.5 Å². The van der Waals surface area contributed by atoms with Gasteiger partial charge in [-0.3, -0.25) is 9.59 Å². The molecule has 1 atom stereocenters. The van der Waals surface area contributed by atoms with E-state index in [9.17, 15) is 9.59 Å². The highest BCUT2D eigenvalue weighted by Crippen LogP contribution is 2.34. The summed E-state index contributed by atoms with van der Waals surface area (Å²) in [6.07, 6.45) is 1.06. The average Bonchev–Trinajstić information content (AvgIpc) is 3.25. The molecule has 1 aliphatic rings. The maximum atomic E-state index is 13.1. The van der Waals surface area contributed by atoms with Gasteiger partial charge in [-0.2, -0.15) is 0 Å². The molecule has 0 unspecified atom stereocenters. The van der Waals surface area contributed by atoms with Crippen molar-refractivity contribution in [2.24, 2.45) is 0 Å². The Morgan fingerprint density at radius 2 is 1.87 bits per heavy atom. The molecule has 0 saturated carbocycles. The lowest BCUT2D eigenvalue weighted by molar-refractivity contribution is -0.120. The Morgan fingerprint density at radius 1 is 1.16 bits per heavy atom. The van der Waals surface area contributed by atoms with Gasteiger partial charge in [0.25, 0.3) is 5.91 Å². The van der Waals surface area contributed by atoms with Gasteiger partial charge in [0.1, 0.15) is 5.82 Å². The number of amides is 2. The standard InChI is InChI=1S/C23H30N4O4/c1-6-24-20(28)12-18-14(2)25-22(26-15(18)3)16-10-11-27(13-16)23(29)17-8-7-9-19(30-4)21(17)31-5/h7-9,16H,6,10-13H2,1-5H3,(H,24,28)/t16-/m1/s1. The second-order valence-electron chi connectivity index (χ2n) is 7.64. The quantitative estimate of drug-likeness (QED) is 0.731. The van der Waals surface area contributed by atoms with Crippen molar-refractivity contribution in [1.82, 2.24) is 20.2 Å². The Morgan fingerprint density at radius 3 is 2.48 bits per heavy atom. The van der Waals surface area contributed by atoms with E-state index >= 15 is 0 Å². The SMILES string of the molecule is CCNC(=O)Cc1c(C)nc([C@@H]2CCN(C(=O)c3cccc(OC)c3OC)C2)nc1C. The lowest BCUT2D eigenvalue weighted by atomic mass is 10.0. The summed E-state index contributed by atoms with van der Waals surface area (Å²) >= 11 is 0. The lowest BCUT2D eigenvalue weighted by Gasteiger charge is -2.19. The molecule has 0 spiro atoms. The van der Waals surface area contributed by atoms with Crippen LogP contribution >= 0.6 is 0 Å². The fraction of sp³-hybridized carbons (Fsp3) is 0.478. The molecule has 31 heavy (non-hydrogen) atoms. The van der Waals surface area contributed by atoms with Gasteiger partial charge in [0.2, 0.25) is 5.91 Å². The van der Waals surface area contributed by atoms with Crippen LogP contribution in [-0.2, 0) is 11.2 Å². The van der Waals surface area contributed by atoms with Gasteiger partial charge < -0.3 is 19.7 Å². The Hall–Kier alpha value is -3.16. The zero-order valence-corrected chi connectivity index (χ0v) is 18.8. The van der Waals surface area contributed by atoms with E-state index in [1.165, 1.54) is 7.11 Å². The maximum Gasteiger partial charge on any atom is 0.257 e. The minimum atomic E-state index is -0.0976. The first kappa shape index (κ1) is 22.5. The van der Waals surface area contributed by atoms with Crippen LogP contribution in [0.1, 0.15) is 52.4 Å². The van der Waals surface area contributed by atoms with Gasteiger partial charge in [-0.25, -0.2) is 9.97 Å². The predicted molar refractivity (Wildman–Crippen MR) is 117 cm³/mol. The molecule has 0 bridgehead atoms. The van der Waals surface area contributed by atoms with Crippen LogP contribution in [0.2, 0.25) is 0 Å². The average molecular weight is 427 g/mol. The Balaban J connectivity index is 1.77. The summed E-state index contributed by atoms with van der Waals surface area (Å²) < 4.78 is 10.7. The van der Waals surface area contributed by atoms with Crippen LogP contribution < -0.4 is 14.8 Å². The van der Waals surface area contributed by atoms with E-state index in [1.54, 1.807) is 30.2 Å². The number of aryl methyl sites for hydroxylation is 2. The summed E-state index contributed by atoms with van der Waals surface area (Å²) in [5.74, 6) is 1.62. The Labute approximate surface area is 183 Å². The summed E-state index contributed by atoms with van der Waals surface area (Å²) in [6.45, 7) is 7.46. The van der Waals surface area contributed by atoms with Crippen molar-refractivity contribution >= 4 is 11.8 Å². The molecule has 2 heterocycles. The van der Waals surface area contributed by atoms with E-state index in [1.807, 2.05) is 20.8 Å². The molecule has 0 aliphatic carbocycles. The number of aromatic nitrogens is 2. The zero-order valence-electron chi connectivity index (χ0n) is 18.8. The van der Waals surface area contributed by atoms with Crippen LogP contribution in [0.4, 0.5) is 0 Å². The van der Waals surface area contributed by atoms with Crippen molar-refractivity contribution in [3.63, 3.8) is 0 Å². The van der Waals surface area contributed by atoms with Crippen molar-refractivity contribution in [1.29, 1.82) is 0 Å². The van der Waals surface area contributed by atoms with E-state index in [4.69, 9.17) is 9.47 Å². The van der Waals surface area contributed by atoms with Gasteiger partial charge in [-0.15, -0.1) is 0 Å². The first-order chi connectivity index (χ1) is 14.9. The van der Waals surface area contributed by atoms with Gasteiger partial charge in [-0.1, -0.05) is 6.07 Å². The fourth-order valence-corrected chi connectivity index (χ4v) is 4.01. The molecule has 1 aromatic carbocycles. The fourth-order valence-electron chi connectivity index (χ4n) is 4.01. The number of rotatable bonds is 7. The van der Waals surface area contributed by atoms with E-state index in [2.05, 4.69) is 15.3 Å². The summed E-state index contributed by atoms with van der Waals surface area (Å²) in [7, 11) is 3.08. The van der Waals surface area contributed by atoms with Crippen LogP contribution in [0.15, 0.2) is 18.2 Å². The second kappa shape index (κ2) is 9.76. The molecule has 166 valence electrons. The number of carbonyl (C=O) groups excluding carboxylic acids is 2. The molecular weight excluding hydrogens is 396 g/mol. The van der Waals surface area contributed by atoms with E-state index in [-0.39, 0.29) is 24.2 Å². The topological polar surface area (TPSA) is 93.7 Å². The molecule has 8 heteroatoms. The van der Waals surface area contributed by atoms with Gasteiger partial charge in [-0.05, 0) is 39.3 Å². The normalized spacial score (nSPS) is 15.6. The van der Waals surface area contributed by atoms with Gasteiger partial charge in [0.05, 0.1) is 26.2 Å². The number of methoxy groups -OCH3 is 2. The number of likely N-dealkylation sites (N-methyl/N-ethyl adjacent to an activating group) is 1. The summed E-state index contributed by atoms with van der Waals surface area (Å²) in [5.41, 5.74) is 2.97. The minimum absolute atomic E-state index is 0.0325. The van der Waals surface area contributed by atoms with Gasteiger partial charge in [0.15, 0.2) is 11.5 Å². The van der Waals surface area contributed by atoms with Crippen molar-refractivity contribution in [2.75, 3.05) is 33.9 Å². The first-order valence-electron chi connectivity index (χ1n) is 10.5. The number of nitrogens with one attached hydrogen (secondary N) is 1. The third-order valence-corrected chi connectivity index (χ3v) is 5.62. The molecule has 1 N–H and O–H groups in total. The maximum absolute atomic E-state index is 13.1. The number of ether oxygens (including phenoxy) is 2. The number of hydrogen-bond acceptors (Lipinski definition) is 6. The number of para-hydroxylation sites is 1. The molecule has 8 nitrogen and oxygen atoms in total. The van der Waals surface area contributed by atoms with Crippen LogP contribution in [0.5, 0.6) is 11.5 Å². The summed E-state index contributed by atoms with van der Waals surface area (Å²) in [4.78, 5) is 36.3. The van der Waals surface area contributed by atoms with Crippen molar-refractivity contribution in [3.8, 4) is 11.5 Å². The zero-order chi connectivity index (χ0) is 22.5. The molecule has 0 radical (unpaired) electrons. The monoisotopic (exact) mass is 426 g/mol.